The molecule has 0 saturated heterocycles. The lowest BCUT2D eigenvalue weighted by molar-refractivity contribution is 0.102. The van der Waals surface area contributed by atoms with Crippen molar-refractivity contribution in [3.8, 4) is 23.0 Å². The van der Waals surface area contributed by atoms with Crippen LogP contribution in [0.15, 0.2) is 41.4 Å². The fraction of sp³-hybridized carbons (Fsp3) is 0.400. The van der Waals surface area contributed by atoms with E-state index < -0.39 is 0 Å². The maximum atomic E-state index is 13.8. The molecule has 1 aliphatic rings. The number of carbonyl (C=O) groups excluding carboxylic acids is 1. The highest BCUT2D eigenvalue weighted by Crippen LogP contribution is 2.46. The highest BCUT2D eigenvalue weighted by Gasteiger charge is 2.34. The molecule has 8 heteroatoms. The molecule has 0 radical (unpaired) electrons. The van der Waals surface area contributed by atoms with Gasteiger partial charge in [0.1, 0.15) is 16.5 Å². The first-order valence-electron chi connectivity index (χ1n) is 12.6. The average molecular weight is 537 g/mol. The molecule has 1 unspecified atom stereocenters. The van der Waals surface area contributed by atoms with Gasteiger partial charge in [-0.05, 0) is 60.4 Å². The minimum atomic E-state index is -0.215. The van der Waals surface area contributed by atoms with Gasteiger partial charge in [-0.15, -0.1) is 11.3 Å². The SMILES string of the molecule is COc1ccc(OC)c(NC(=O)c2c(/N=C/c3cccc(OC)c3OC)sc3c2CCC(C(C)(C)C)C3)c1. The number of hydrogen-bond donors (Lipinski definition) is 1. The van der Waals surface area contributed by atoms with Gasteiger partial charge in [0.05, 0.1) is 39.7 Å². The molecule has 0 saturated carbocycles. The highest BCUT2D eigenvalue weighted by molar-refractivity contribution is 7.16. The summed E-state index contributed by atoms with van der Waals surface area (Å²) < 4.78 is 21.9. The van der Waals surface area contributed by atoms with Crippen molar-refractivity contribution >= 4 is 34.1 Å². The molecule has 4 rings (SSSR count). The zero-order valence-corrected chi connectivity index (χ0v) is 24.0. The Labute approximate surface area is 228 Å². The number of amides is 1. The van der Waals surface area contributed by atoms with Gasteiger partial charge in [-0.2, -0.15) is 0 Å². The first kappa shape index (κ1) is 27.5. The highest BCUT2D eigenvalue weighted by atomic mass is 32.1. The smallest absolute Gasteiger partial charge is 0.259 e. The lowest BCUT2D eigenvalue weighted by Gasteiger charge is -2.33. The molecule has 7 nitrogen and oxygen atoms in total. The largest absolute Gasteiger partial charge is 0.497 e. The van der Waals surface area contributed by atoms with E-state index in [0.717, 1.165) is 30.4 Å². The lowest BCUT2D eigenvalue weighted by atomic mass is 9.72. The van der Waals surface area contributed by atoms with Crippen LogP contribution in [0, 0.1) is 11.3 Å². The van der Waals surface area contributed by atoms with E-state index in [1.165, 1.54) is 4.88 Å². The van der Waals surface area contributed by atoms with Crippen molar-refractivity contribution in [3.63, 3.8) is 0 Å². The molecule has 1 aliphatic carbocycles. The Bertz CT molecular complexity index is 1340. The molecule has 1 N–H and O–H groups in total. The van der Waals surface area contributed by atoms with Gasteiger partial charge in [-0.1, -0.05) is 26.8 Å². The van der Waals surface area contributed by atoms with E-state index >= 15 is 0 Å². The molecule has 0 aliphatic heterocycles. The van der Waals surface area contributed by atoms with E-state index in [1.54, 1.807) is 64.2 Å². The van der Waals surface area contributed by atoms with Crippen LogP contribution in [-0.4, -0.2) is 40.6 Å². The van der Waals surface area contributed by atoms with Crippen molar-refractivity contribution in [2.24, 2.45) is 16.3 Å². The number of rotatable bonds is 8. The van der Waals surface area contributed by atoms with Gasteiger partial charge in [0.15, 0.2) is 11.5 Å². The van der Waals surface area contributed by atoms with Crippen LogP contribution in [-0.2, 0) is 12.8 Å². The van der Waals surface area contributed by atoms with Gasteiger partial charge in [0.25, 0.3) is 5.91 Å². The van der Waals surface area contributed by atoms with Crippen LogP contribution in [0.5, 0.6) is 23.0 Å². The number of benzene rings is 2. The third-order valence-electron chi connectivity index (χ3n) is 7.11. The van der Waals surface area contributed by atoms with Crippen LogP contribution in [0.2, 0.25) is 0 Å². The molecule has 38 heavy (non-hydrogen) atoms. The number of methoxy groups -OCH3 is 4. The number of nitrogens with one attached hydrogen (secondary N) is 1. The maximum absolute atomic E-state index is 13.8. The van der Waals surface area contributed by atoms with Crippen LogP contribution >= 0.6 is 11.3 Å². The Morgan fingerprint density at radius 2 is 1.79 bits per heavy atom. The number of ether oxygens (including phenoxy) is 4. The third-order valence-corrected chi connectivity index (χ3v) is 8.27. The summed E-state index contributed by atoms with van der Waals surface area (Å²) in [7, 11) is 6.38. The summed E-state index contributed by atoms with van der Waals surface area (Å²) in [6.07, 6.45) is 4.54. The number of aliphatic imine (C=N–C) groups is 1. The first-order chi connectivity index (χ1) is 18.2. The molecule has 202 valence electrons. The fourth-order valence-corrected chi connectivity index (χ4v) is 6.14. The standard InChI is InChI=1S/C30H36N2O5S/c1-30(2,3)19-11-13-21-25(15-19)38-29(31-17-18-9-8-10-24(36-6)27(18)37-7)26(21)28(33)32-22-16-20(34-4)12-14-23(22)35-5/h8-10,12,14,16-17,19H,11,13,15H2,1-7H3,(H,32,33)/b31-17+. The van der Waals surface area contributed by atoms with Crippen molar-refractivity contribution in [1.82, 2.24) is 0 Å². The van der Waals surface area contributed by atoms with E-state index in [4.69, 9.17) is 23.9 Å². The minimum absolute atomic E-state index is 0.190. The number of nitrogens with zero attached hydrogens (tertiary/aromatic N) is 1. The summed E-state index contributed by atoms with van der Waals surface area (Å²) in [5.41, 5.74) is 3.20. The van der Waals surface area contributed by atoms with Gasteiger partial charge < -0.3 is 24.3 Å². The van der Waals surface area contributed by atoms with E-state index in [-0.39, 0.29) is 11.3 Å². The number of thiophene rings is 1. The second-order valence-corrected chi connectivity index (χ2v) is 11.4. The minimum Gasteiger partial charge on any atom is -0.497 e. The van der Waals surface area contributed by atoms with Gasteiger partial charge in [-0.25, -0.2) is 4.99 Å². The topological polar surface area (TPSA) is 78.4 Å². The van der Waals surface area contributed by atoms with Crippen LogP contribution in [0.3, 0.4) is 0 Å². The molecule has 1 aromatic heterocycles. The molecule has 3 aromatic rings. The van der Waals surface area contributed by atoms with Crippen molar-refractivity contribution in [2.75, 3.05) is 33.8 Å². The predicted molar refractivity (Wildman–Crippen MR) is 154 cm³/mol. The van der Waals surface area contributed by atoms with E-state index in [2.05, 4.69) is 26.1 Å². The number of anilines is 1. The molecule has 0 fully saturated rings. The van der Waals surface area contributed by atoms with Gasteiger partial charge in [0, 0.05) is 22.7 Å². The zero-order chi connectivity index (χ0) is 27.4. The van der Waals surface area contributed by atoms with E-state index in [9.17, 15) is 4.79 Å². The number of fused-ring (bicyclic) bond motifs is 1. The summed E-state index contributed by atoms with van der Waals surface area (Å²) >= 11 is 1.59. The molecule has 2 aromatic carbocycles. The normalized spacial score (nSPS) is 15.2. The third kappa shape index (κ3) is 5.65. The van der Waals surface area contributed by atoms with Crippen molar-refractivity contribution in [1.29, 1.82) is 0 Å². The quantitative estimate of drug-likeness (QED) is 0.316. The summed E-state index contributed by atoms with van der Waals surface area (Å²) in [5.74, 6) is 2.73. The zero-order valence-electron chi connectivity index (χ0n) is 23.1. The Kier molecular flexibility index (Phi) is 8.31. The summed E-state index contributed by atoms with van der Waals surface area (Å²) in [6.45, 7) is 6.85. The van der Waals surface area contributed by atoms with Gasteiger partial charge in [0.2, 0.25) is 0 Å². The van der Waals surface area contributed by atoms with E-state index in [0.29, 0.717) is 45.2 Å². The predicted octanol–water partition coefficient (Wildman–Crippen LogP) is 6.94. The van der Waals surface area contributed by atoms with Gasteiger partial charge >= 0.3 is 0 Å². The Morgan fingerprint density at radius 3 is 2.45 bits per heavy atom. The van der Waals surface area contributed by atoms with E-state index in [1.807, 2.05) is 18.2 Å². The molecule has 0 bridgehead atoms. The Hall–Kier alpha value is -3.52. The second kappa shape index (κ2) is 11.5. The number of carbonyl (C=O) groups is 1. The Balaban J connectivity index is 1.77. The van der Waals surface area contributed by atoms with Gasteiger partial charge in [-0.3, -0.25) is 4.79 Å². The fourth-order valence-electron chi connectivity index (χ4n) is 4.87. The van der Waals surface area contributed by atoms with Crippen LogP contribution in [0.25, 0.3) is 0 Å². The molecule has 1 amide bonds. The summed E-state index contributed by atoms with van der Waals surface area (Å²) in [6, 6.07) is 11.0. The average Bonchev–Trinajstić information content (AvgIpc) is 3.28. The van der Waals surface area contributed by atoms with Crippen LogP contribution < -0.4 is 24.3 Å². The molecular weight excluding hydrogens is 500 g/mol. The maximum Gasteiger partial charge on any atom is 0.259 e. The molecule has 0 spiro atoms. The van der Waals surface area contributed by atoms with Crippen molar-refractivity contribution in [3.05, 3.63) is 58.0 Å². The van der Waals surface area contributed by atoms with Crippen molar-refractivity contribution in [2.45, 2.75) is 40.0 Å². The molecular formula is C30H36N2O5S. The van der Waals surface area contributed by atoms with Crippen molar-refractivity contribution < 1.29 is 23.7 Å². The molecule has 1 atom stereocenters. The lowest BCUT2D eigenvalue weighted by Crippen LogP contribution is -2.27. The summed E-state index contributed by atoms with van der Waals surface area (Å²) in [5, 5.41) is 3.73. The first-order valence-corrected chi connectivity index (χ1v) is 13.4. The summed E-state index contributed by atoms with van der Waals surface area (Å²) in [4.78, 5) is 19.9. The Morgan fingerprint density at radius 1 is 1.03 bits per heavy atom. The number of para-hydroxylation sites is 1. The number of hydrogen-bond acceptors (Lipinski definition) is 7. The molecule has 1 heterocycles. The monoisotopic (exact) mass is 536 g/mol. The van der Waals surface area contributed by atoms with Crippen LogP contribution in [0.1, 0.15) is 53.6 Å². The van der Waals surface area contributed by atoms with Crippen LogP contribution in [0.4, 0.5) is 10.7 Å². The second-order valence-electron chi connectivity index (χ2n) is 10.4.